The van der Waals surface area contributed by atoms with E-state index >= 15 is 0 Å². The van der Waals surface area contributed by atoms with Crippen LogP contribution in [0.2, 0.25) is 0 Å². The van der Waals surface area contributed by atoms with Gasteiger partial charge in [0.15, 0.2) is 0 Å². The fourth-order valence-corrected chi connectivity index (χ4v) is 1.62. The van der Waals surface area contributed by atoms with E-state index in [1.807, 2.05) is 19.9 Å². The van der Waals surface area contributed by atoms with Crippen molar-refractivity contribution in [3.05, 3.63) is 35.1 Å². The predicted octanol–water partition coefficient (Wildman–Crippen LogP) is 1.99. The number of carboxylic acid groups (broad SMARTS) is 1. The van der Waals surface area contributed by atoms with Gasteiger partial charge in [0.25, 0.3) is 0 Å². The summed E-state index contributed by atoms with van der Waals surface area (Å²) in [6, 6.07) is 5.88. The van der Waals surface area contributed by atoms with Crippen LogP contribution >= 0.6 is 0 Å². The number of aliphatic carboxylic acids is 1. The highest BCUT2D eigenvalue weighted by atomic mass is 19.1. The van der Waals surface area contributed by atoms with Crippen molar-refractivity contribution in [2.45, 2.75) is 26.4 Å². The lowest BCUT2D eigenvalue weighted by Crippen LogP contribution is -2.35. The first-order valence-electron chi connectivity index (χ1n) is 5.58. The molecule has 0 aliphatic rings. The standard InChI is InChI=1S/C13H15FN2O2/c1-9(2)16(8-13(17)18)7-11-5-12(14)4-3-10(11)6-15/h3-5,9H,7-8H2,1-2H3,(H,17,18). The van der Waals surface area contributed by atoms with E-state index in [2.05, 4.69) is 0 Å². The van der Waals surface area contributed by atoms with Crippen molar-refractivity contribution in [1.82, 2.24) is 4.90 Å². The van der Waals surface area contributed by atoms with E-state index in [-0.39, 0.29) is 19.1 Å². The zero-order valence-electron chi connectivity index (χ0n) is 10.4. The quantitative estimate of drug-likeness (QED) is 0.868. The number of nitriles is 1. The second kappa shape index (κ2) is 6.12. The lowest BCUT2D eigenvalue weighted by molar-refractivity contribution is -0.138. The van der Waals surface area contributed by atoms with Crippen LogP contribution < -0.4 is 0 Å². The Morgan fingerprint density at radius 3 is 2.72 bits per heavy atom. The Hall–Kier alpha value is -1.93. The average molecular weight is 250 g/mol. The Kier molecular flexibility index (Phi) is 4.81. The summed E-state index contributed by atoms with van der Waals surface area (Å²) in [6.07, 6.45) is 0. The van der Waals surface area contributed by atoms with Gasteiger partial charge in [0.1, 0.15) is 5.82 Å². The van der Waals surface area contributed by atoms with Gasteiger partial charge in [-0.05, 0) is 37.6 Å². The van der Waals surface area contributed by atoms with E-state index in [0.717, 1.165) is 0 Å². The van der Waals surface area contributed by atoms with Gasteiger partial charge in [-0.2, -0.15) is 5.26 Å². The maximum Gasteiger partial charge on any atom is 0.317 e. The molecule has 96 valence electrons. The monoisotopic (exact) mass is 250 g/mol. The van der Waals surface area contributed by atoms with Crippen LogP contribution in [0.4, 0.5) is 4.39 Å². The van der Waals surface area contributed by atoms with Crippen LogP contribution in [0.25, 0.3) is 0 Å². The third-order valence-electron chi connectivity index (χ3n) is 2.63. The number of hydrogen-bond donors (Lipinski definition) is 1. The lowest BCUT2D eigenvalue weighted by atomic mass is 10.1. The minimum atomic E-state index is -0.946. The van der Waals surface area contributed by atoms with Gasteiger partial charge in [0.05, 0.1) is 18.2 Å². The Balaban J connectivity index is 2.96. The van der Waals surface area contributed by atoms with Gasteiger partial charge in [0.2, 0.25) is 0 Å². The van der Waals surface area contributed by atoms with Crippen LogP contribution in [0.5, 0.6) is 0 Å². The second-order valence-electron chi connectivity index (χ2n) is 4.31. The highest BCUT2D eigenvalue weighted by Gasteiger charge is 2.16. The molecule has 0 aliphatic carbocycles. The topological polar surface area (TPSA) is 64.3 Å². The summed E-state index contributed by atoms with van der Waals surface area (Å²) in [7, 11) is 0. The third kappa shape index (κ3) is 3.82. The molecular formula is C13H15FN2O2. The average Bonchev–Trinajstić information content (AvgIpc) is 2.27. The number of rotatable bonds is 5. The molecule has 0 aliphatic heterocycles. The number of hydrogen-bond acceptors (Lipinski definition) is 3. The normalized spacial score (nSPS) is 10.7. The van der Waals surface area contributed by atoms with Crippen LogP contribution in [-0.2, 0) is 11.3 Å². The predicted molar refractivity (Wildman–Crippen MR) is 64.3 cm³/mol. The van der Waals surface area contributed by atoms with Gasteiger partial charge in [-0.15, -0.1) is 0 Å². The second-order valence-corrected chi connectivity index (χ2v) is 4.31. The molecule has 0 amide bonds. The van der Waals surface area contributed by atoms with Crippen LogP contribution in [-0.4, -0.2) is 28.6 Å². The van der Waals surface area contributed by atoms with Crippen LogP contribution in [0.1, 0.15) is 25.0 Å². The molecule has 5 heteroatoms. The summed E-state index contributed by atoms with van der Waals surface area (Å²) < 4.78 is 13.2. The first-order chi connectivity index (χ1) is 8.43. The molecule has 0 spiro atoms. The third-order valence-corrected chi connectivity index (χ3v) is 2.63. The van der Waals surface area contributed by atoms with Gasteiger partial charge < -0.3 is 5.11 Å². The fraction of sp³-hybridized carbons (Fsp3) is 0.385. The number of carboxylic acids is 1. The molecule has 0 saturated carbocycles. The molecule has 0 heterocycles. The van der Waals surface area contributed by atoms with Crippen LogP contribution in [0.15, 0.2) is 18.2 Å². The van der Waals surface area contributed by atoms with Crippen molar-refractivity contribution in [3.63, 3.8) is 0 Å². The molecule has 1 aromatic carbocycles. The molecule has 0 bridgehead atoms. The van der Waals surface area contributed by atoms with E-state index in [4.69, 9.17) is 10.4 Å². The molecule has 1 rings (SSSR count). The molecule has 0 atom stereocenters. The van der Waals surface area contributed by atoms with Gasteiger partial charge in [0, 0.05) is 12.6 Å². The molecule has 4 nitrogen and oxygen atoms in total. The number of benzene rings is 1. The number of nitrogens with zero attached hydrogens (tertiary/aromatic N) is 2. The van der Waals surface area contributed by atoms with Crippen molar-refractivity contribution >= 4 is 5.97 Å². The summed E-state index contributed by atoms with van der Waals surface area (Å²) in [4.78, 5) is 12.4. The van der Waals surface area contributed by atoms with Gasteiger partial charge in [-0.1, -0.05) is 0 Å². The first-order valence-corrected chi connectivity index (χ1v) is 5.58. The molecule has 0 unspecified atom stereocenters. The van der Waals surface area contributed by atoms with Crippen LogP contribution in [0.3, 0.4) is 0 Å². The molecule has 1 aromatic rings. The maximum atomic E-state index is 13.2. The summed E-state index contributed by atoms with van der Waals surface area (Å²) in [5.41, 5.74) is 0.875. The van der Waals surface area contributed by atoms with Crippen LogP contribution in [0, 0.1) is 17.1 Å². The van der Waals surface area contributed by atoms with E-state index in [9.17, 15) is 9.18 Å². The molecule has 1 N–H and O–H groups in total. The molecule has 18 heavy (non-hydrogen) atoms. The fourth-order valence-electron chi connectivity index (χ4n) is 1.62. The zero-order valence-corrected chi connectivity index (χ0v) is 10.4. The zero-order chi connectivity index (χ0) is 13.7. The van der Waals surface area contributed by atoms with Crippen molar-refractivity contribution in [3.8, 4) is 6.07 Å². The maximum absolute atomic E-state index is 13.2. The Bertz CT molecular complexity index is 480. The minimum absolute atomic E-state index is 0.00379. The van der Waals surface area contributed by atoms with Crippen molar-refractivity contribution in [2.75, 3.05) is 6.54 Å². The molecule has 0 saturated heterocycles. The van der Waals surface area contributed by atoms with E-state index in [1.165, 1.54) is 18.2 Å². The van der Waals surface area contributed by atoms with E-state index in [0.29, 0.717) is 11.1 Å². The largest absolute Gasteiger partial charge is 0.480 e. The van der Waals surface area contributed by atoms with Crippen molar-refractivity contribution < 1.29 is 14.3 Å². The lowest BCUT2D eigenvalue weighted by Gasteiger charge is -2.24. The minimum Gasteiger partial charge on any atom is -0.480 e. The van der Waals surface area contributed by atoms with Gasteiger partial charge in [-0.25, -0.2) is 4.39 Å². The molecule has 0 fully saturated rings. The van der Waals surface area contributed by atoms with Crippen molar-refractivity contribution in [1.29, 1.82) is 5.26 Å². The Morgan fingerprint density at radius 2 is 2.22 bits per heavy atom. The number of carbonyl (C=O) groups is 1. The Labute approximate surface area is 105 Å². The molecule has 0 radical (unpaired) electrons. The number of halogens is 1. The van der Waals surface area contributed by atoms with Crippen molar-refractivity contribution in [2.24, 2.45) is 0 Å². The van der Waals surface area contributed by atoms with E-state index < -0.39 is 11.8 Å². The smallest absolute Gasteiger partial charge is 0.317 e. The summed E-state index contributed by atoms with van der Waals surface area (Å²) >= 11 is 0. The highest BCUT2D eigenvalue weighted by molar-refractivity contribution is 5.69. The summed E-state index contributed by atoms with van der Waals surface area (Å²) in [5, 5.41) is 17.7. The summed E-state index contributed by atoms with van der Waals surface area (Å²) in [6.45, 7) is 3.81. The summed E-state index contributed by atoms with van der Waals surface area (Å²) in [5.74, 6) is -1.37. The SMILES string of the molecule is CC(C)N(CC(=O)O)Cc1cc(F)ccc1C#N. The Morgan fingerprint density at radius 1 is 1.56 bits per heavy atom. The van der Waals surface area contributed by atoms with Gasteiger partial charge in [-0.3, -0.25) is 9.69 Å². The highest BCUT2D eigenvalue weighted by Crippen LogP contribution is 2.14. The van der Waals surface area contributed by atoms with E-state index in [1.54, 1.807) is 4.90 Å². The molecule has 0 aromatic heterocycles. The first kappa shape index (κ1) is 14.1. The van der Waals surface area contributed by atoms with Gasteiger partial charge >= 0.3 is 5.97 Å². The molecular weight excluding hydrogens is 235 g/mol.